The highest BCUT2D eigenvalue weighted by Gasteiger charge is 2.44. The van der Waals surface area contributed by atoms with E-state index in [-0.39, 0.29) is 0 Å². The lowest BCUT2D eigenvalue weighted by Gasteiger charge is -2.46. The van der Waals surface area contributed by atoms with Gasteiger partial charge in [0, 0.05) is 6.04 Å². The van der Waals surface area contributed by atoms with Gasteiger partial charge in [-0.25, -0.2) is 0 Å². The summed E-state index contributed by atoms with van der Waals surface area (Å²) in [6, 6.07) is 0.904. The number of fused-ring (bicyclic) bond motifs is 3. The van der Waals surface area contributed by atoms with E-state index in [0.29, 0.717) is 0 Å². The lowest BCUT2D eigenvalue weighted by Crippen LogP contribution is -2.43. The molecule has 1 N–H and O–H groups in total. The Kier molecular flexibility index (Phi) is 2.31. The van der Waals surface area contributed by atoms with Crippen LogP contribution in [0.5, 0.6) is 0 Å². The van der Waals surface area contributed by atoms with Crippen LogP contribution in [0.4, 0.5) is 0 Å². The molecule has 0 radical (unpaired) electrons. The molecule has 3 aliphatic rings. The maximum atomic E-state index is 3.71. The minimum atomic E-state index is 0.904. The number of rotatable bonds is 0. The van der Waals surface area contributed by atoms with Crippen molar-refractivity contribution in [1.29, 1.82) is 0 Å². The Morgan fingerprint density at radius 2 is 1.79 bits per heavy atom. The molecule has 1 heteroatoms. The predicted molar refractivity (Wildman–Crippen MR) is 59.1 cm³/mol. The van der Waals surface area contributed by atoms with Crippen molar-refractivity contribution in [2.24, 2.45) is 23.7 Å². The summed E-state index contributed by atoms with van der Waals surface area (Å²) in [5.41, 5.74) is 0. The van der Waals surface area contributed by atoms with E-state index in [9.17, 15) is 0 Å². The van der Waals surface area contributed by atoms with E-state index in [4.69, 9.17) is 0 Å². The summed E-state index contributed by atoms with van der Waals surface area (Å²) in [5.74, 6) is 4.25. The monoisotopic (exact) mass is 193 g/mol. The van der Waals surface area contributed by atoms with Crippen molar-refractivity contribution in [2.45, 2.75) is 51.5 Å². The lowest BCUT2D eigenvalue weighted by atomic mass is 9.60. The van der Waals surface area contributed by atoms with Crippen molar-refractivity contribution in [3.05, 3.63) is 0 Å². The second-order valence-corrected chi connectivity index (χ2v) is 5.83. The zero-order valence-corrected chi connectivity index (χ0v) is 9.34. The summed E-state index contributed by atoms with van der Waals surface area (Å²) in [5, 5.41) is 3.71. The Morgan fingerprint density at radius 1 is 0.857 bits per heavy atom. The first kappa shape index (κ1) is 9.21. The van der Waals surface area contributed by atoms with Crippen LogP contribution in [0.15, 0.2) is 0 Å². The van der Waals surface area contributed by atoms with Gasteiger partial charge in [0.05, 0.1) is 0 Å². The van der Waals surface area contributed by atoms with E-state index in [1.165, 1.54) is 45.1 Å². The first-order valence-electron chi connectivity index (χ1n) is 6.59. The Labute approximate surface area is 87.7 Å². The molecule has 1 heterocycles. The average molecular weight is 193 g/mol. The van der Waals surface area contributed by atoms with Gasteiger partial charge in [-0.05, 0) is 55.9 Å². The van der Waals surface area contributed by atoms with Gasteiger partial charge in [0.1, 0.15) is 0 Å². The average Bonchev–Trinajstić information content (AvgIpc) is 2.66. The zero-order chi connectivity index (χ0) is 9.54. The van der Waals surface area contributed by atoms with Crippen molar-refractivity contribution in [2.75, 3.05) is 6.54 Å². The van der Waals surface area contributed by atoms with Crippen molar-refractivity contribution in [1.82, 2.24) is 5.32 Å². The second kappa shape index (κ2) is 3.52. The topological polar surface area (TPSA) is 12.0 Å². The fourth-order valence-electron chi connectivity index (χ4n) is 4.54. The summed E-state index contributed by atoms with van der Waals surface area (Å²) in [6.45, 7) is 3.80. The summed E-state index contributed by atoms with van der Waals surface area (Å²) in [6.07, 6.45) is 9.00. The van der Waals surface area contributed by atoms with Crippen molar-refractivity contribution >= 4 is 0 Å². The van der Waals surface area contributed by atoms with Gasteiger partial charge in [-0.1, -0.05) is 19.8 Å². The van der Waals surface area contributed by atoms with Gasteiger partial charge in [0.2, 0.25) is 0 Å². The molecule has 1 aliphatic heterocycles. The van der Waals surface area contributed by atoms with E-state index >= 15 is 0 Å². The molecule has 80 valence electrons. The molecular formula is C13H23N. The van der Waals surface area contributed by atoms with Crippen LogP contribution in [0.1, 0.15) is 45.4 Å². The van der Waals surface area contributed by atoms with Crippen LogP contribution in [0.25, 0.3) is 0 Å². The van der Waals surface area contributed by atoms with E-state index in [1.54, 1.807) is 0 Å². The fourth-order valence-corrected chi connectivity index (χ4v) is 4.54. The first-order valence-corrected chi connectivity index (χ1v) is 6.59. The van der Waals surface area contributed by atoms with E-state index in [1.807, 2.05) is 0 Å². The number of hydrogen-bond acceptors (Lipinski definition) is 1. The zero-order valence-electron chi connectivity index (χ0n) is 9.34. The Morgan fingerprint density at radius 3 is 2.71 bits per heavy atom. The highest BCUT2D eigenvalue weighted by Crippen LogP contribution is 2.48. The summed E-state index contributed by atoms with van der Waals surface area (Å²) in [7, 11) is 0. The van der Waals surface area contributed by atoms with Crippen LogP contribution in [0.2, 0.25) is 0 Å². The number of nitrogens with one attached hydrogen (secondary N) is 1. The lowest BCUT2D eigenvalue weighted by molar-refractivity contribution is 0.0558. The molecule has 2 aliphatic carbocycles. The van der Waals surface area contributed by atoms with Gasteiger partial charge in [0.25, 0.3) is 0 Å². The van der Waals surface area contributed by atoms with Crippen molar-refractivity contribution < 1.29 is 0 Å². The fraction of sp³-hybridized carbons (Fsp3) is 1.00. The minimum absolute atomic E-state index is 0.904. The van der Waals surface area contributed by atoms with Gasteiger partial charge in [-0.15, -0.1) is 0 Å². The molecule has 0 amide bonds. The molecule has 0 aromatic heterocycles. The molecule has 0 bridgehead atoms. The largest absolute Gasteiger partial charge is 0.314 e. The molecule has 1 saturated heterocycles. The highest BCUT2D eigenvalue weighted by atomic mass is 15.0. The van der Waals surface area contributed by atoms with Crippen LogP contribution < -0.4 is 5.32 Å². The normalized spacial score (nSPS) is 52.5. The maximum absolute atomic E-state index is 3.71. The second-order valence-electron chi connectivity index (χ2n) is 5.83. The van der Waals surface area contributed by atoms with Crippen LogP contribution in [-0.2, 0) is 0 Å². The third-order valence-corrected chi connectivity index (χ3v) is 5.24. The molecule has 14 heavy (non-hydrogen) atoms. The van der Waals surface area contributed by atoms with Crippen molar-refractivity contribution in [3.63, 3.8) is 0 Å². The minimum Gasteiger partial charge on any atom is -0.314 e. The third kappa shape index (κ3) is 1.32. The standard InChI is InChI=1S/C13H23N/c1-9-3-2-4-11-10(9)5-6-13-12(11)7-8-14-13/h9-14H,2-8H2,1H3. The highest BCUT2D eigenvalue weighted by molar-refractivity contribution is 4.97. The van der Waals surface area contributed by atoms with Gasteiger partial charge >= 0.3 is 0 Å². The van der Waals surface area contributed by atoms with Gasteiger partial charge in [-0.2, -0.15) is 0 Å². The van der Waals surface area contributed by atoms with Gasteiger partial charge in [0.15, 0.2) is 0 Å². The first-order chi connectivity index (χ1) is 6.86. The molecule has 3 rings (SSSR count). The predicted octanol–water partition coefficient (Wildman–Crippen LogP) is 2.81. The maximum Gasteiger partial charge on any atom is 0.00986 e. The van der Waals surface area contributed by atoms with Crippen LogP contribution >= 0.6 is 0 Å². The van der Waals surface area contributed by atoms with E-state index in [2.05, 4.69) is 12.2 Å². The SMILES string of the molecule is CC1CCCC2C1CCC1NCCC12. The Hall–Kier alpha value is -0.0400. The van der Waals surface area contributed by atoms with Crippen molar-refractivity contribution in [3.8, 4) is 0 Å². The molecular weight excluding hydrogens is 170 g/mol. The quantitative estimate of drug-likeness (QED) is 0.624. The molecule has 0 spiro atoms. The van der Waals surface area contributed by atoms with E-state index < -0.39 is 0 Å². The molecule has 0 aromatic carbocycles. The van der Waals surface area contributed by atoms with Crippen LogP contribution in [0.3, 0.4) is 0 Å². The molecule has 2 saturated carbocycles. The van der Waals surface area contributed by atoms with Crippen LogP contribution in [0, 0.1) is 23.7 Å². The molecule has 5 unspecified atom stereocenters. The smallest absolute Gasteiger partial charge is 0.00986 e. The van der Waals surface area contributed by atoms with Gasteiger partial charge in [-0.3, -0.25) is 0 Å². The molecule has 1 nitrogen and oxygen atoms in total. The summed E-state index contributed by atoms with van der Waals surface area (Å²) >= 11 is 0. The van der Waals surface area contributed by atoms with Gasteiger partial charge < -0.3 is 5.32 Å². The molecule has 5 atom stereocenters. The Balaban J connectivity index is 1.79. The third-order valence-electron chi connectivity index (χ3n) is 5.24. The van der Waals surface area contributed by atoms with Crippen LogP contribution in [-0.4, -0.2) is 12.6 Å². The summed E-state index contributed by atoms with van der Waals surface area (Å²) < 4.78 is 0. The molecule has 3 fully saturated rings. The molecule has 0 aromatic rings. The Bertz CT molecular complexity index is 211. The number of hydrogen-bond donors (Lipinski definition) is 1. The van der Waals surface area contributed by atoms with E-state index in [0.717, 1.165) is 29.7 Å². The summed E-state index contributed by atoms with van der Waals surface area (Å²) in [4.78, 5) is 0.